The lowest BCUT2D eigenvalue weighted by atomic mass is 9.93. The van der Waals surface area contributed by atoms with Gasteiger partial charge >= 0.3 is 0 Å². The largest absolute Gasteiger partial charge is 0.327 e. The fourth-order valence-corrected chi connectivity index (χ4v) is 1.01. The van der Waals surface area contributed by atoms with E-state index >= 15 is 0 Å². The van der Waals surface area contributed by atoms with E-state index in [1.807, 2.05) is 0 Å². The zero-order chi connectivity index (χ0) is 9.56. The Morgan fingerprint density at radius 2 is 1.92 bits per heavy atom. The Morgan fingerprint density at radius 3 is 2.33 bits per heavy atom. The molecule has 0 spiro atoms. The van der Waals surface area contributed by atoms with Crippen molar-refractivity contribution in [2.75, 3.05) is 6.54 Å². The molecule has 0 aromatic rings. The summed E-state index contributed by atoms with van der Waals surface area (Å²) >= 11 is 0. The molecule has 1 nitrogen and oxygen atoms in total. The van der Waals surface area contributed by atoms with Crippen LogP contribution in [0.5, 0.6) is 0 Å². The monoisotopic (exact) mass is 169 g/mol. The van der Waals surface area contributed by atoms with Crippen LogP contribution in [0.15, 0.2) is 11.6 Å². The van der Waals surface area contributed by atoms with E-state index in [-0.39, 0.29) is 0 Å². The van der Waals surface area contributed by atoms with Gasteiger partial charge in [0, 0.05) is 6.54 Å². The molecule has 0 saturated carbocycles. The fourth-order valence-electron chi connectivity index (χ4n) is 1.01. The lowest BCUT2D eigenvalue weighted by molar-refractivity contribution is 0.395. The molecule has 1 unspecified atom stereocenters. The number of nitrogens with two attached hydrogens (primary N) is 1. The zero-order valence-electron chi connectivity index (χ0n) is 8.93. The molecule has 0 bridgehead atoms. The first kappa shape index (κ1) is 11.7. The molecular weight excluding hydrogens is 146 g/mol. The highest BCUT2D eigenvalue weighted by atomic mass is 14.5. The van der Waals surface area contributed by atoms with Gasteiger partial charge in [0.25, 0.3) is 0 Å². The first-order valence-electron chi connectivity index (χ1n) is 4.93. The standard InChI is InChI=1S/C11H23N/c1-9(2)11(4)7-5-6-10(3)8-12/h6,9,11H,5,7-8,12H2,1-4H3/b10-6+. The van der Waals surface area contributed by atoms with Crippen molar-refractivity contribution < 1.29 is 0 Å². The smallest absolute Gasteiger partial charge is 0.0134 e. The molecule has 0 aliphatic rings. The summed E-state index contributed by atoms with van der Waals surface area (Å²) in [7, 11) is 0. The lowest BCUT2D eigenvalue weighted by Crippen LogP contribution is -2.03. The molecule has 72 valence electrons. The predicted molar refractivity (Wildman–Crippen MR) is 56.0 cm³/mol. The maximum Gasteiger partial charge on any atom is 0.0134 e. The van der Waals surface area contributed by atoms with E-state index in [1.54, 1.807) is 0 Å². The second-order valence-corrected chi connectivity index (χ2v) is 4.05. The number of allylic oxidation sites excluding steroid dienone is 1. The van der Waals surface area contributed by atoms with E-state index in [0.717, 1.165) is 11.8 Å². The summed E-state index contributed by atoms with van der Waals surface area (Å²) < 4.78 is 0. The maximum atomic E-state index is 5.48. The van der Waals surface area contributed by atoms with E-state index in [9.17, 15) is 0 Å². The molecule has 0 amide bonds. The molecule has 0 rings (SSSR count). The Bertz CT molecular complexity index is 136. The molecule has 0 radical (unpaired) electrons. The molecule has 0 saturated heterocycles. The quantitative estimate of drug-likeness (QED) is 0.629. The van der Waals surface area contributed by atoms with Crippen LogP contribution in [0, 0.1) is 11.8 Å². The Morgan fingerprint density at radius 1 is 1.33 bits per heavy atom. The molecule has 0 aliphatic carbocycles. The van der Waals surface area contributed by atoms with Gasteiger partial charge in [-0.15, -0.1) is 0 Å². The van der Waals surface area contributed by atoms with E-state index in [1.165, 1.54) is 18.4 Å². The third-order valence-corrected chi connectivity index (χ3v) is 2.57. The minimum absolute atomic E-state index is 0.704. The van der Waals surface area contributed by atoms with Gasteiger partial charge in [-0.2, -0.15) is 0 Å². The van der Waals surface area contributed by atoms with Gasteiger partial charge in [-0.1, -0.05) is 32.4 Å². The fraction of sp³-hybridized carbons (Fsp3) is 0.818. The maximum absolute atomic E-state index is 5.48. The molecule has 0 fully saturated rings. The summed E-state index contributed by atoms with van der Waals surface area (Å²) in [6.07, 6.45) is 4.73. The molecule has 0 aromatic heterocycles. The van der Waals surface area contributed by atoms with Gasteiger partial charge < -0.3 is 5.73 Å². The molecule has 12 heavy (non-hydrogen) atoms. The first-order chi connectivity index (χ1) is 5.57. The van der Waals surface area contributed by atoms with Crippen LogP contribution in [0.4, 0.5) is 0 Å². The SMILES string of the molecule is C/C(=C\CCC(C)C(C)C)CN. The van der Waals surface area contributed by atoms with Crippen LogP contribution in [-0.4, -0.2) is 6.54 Å². The van der Waals surface area contributed by atoms with Gasteiger partial charge in [0.1, 0.15) is 0 Å². The predicted octanol–water partition coefficient (Wildman–Crippen LogP) is 2.96. The van der Waals surface area contributed by atoms with Crippen molar-refractivity contribution in [2.24, 2.45) is 17.6 Å². The van der Waals surface area contributed by atoms with Gasteiger partial charge in [-0.3, -0.25) is 0 Å². The number of hydrogen-bond donors (Lipinski definition) is 1. The van der Waals surface area contributed by atoms with Crippen molar-refractivity contribution in [3.05, 3.63) is 11.6 Å². The third-order valence-electron chi connectivity index (χ3n) is 2.57. The van der Waals surface area contributed by atoms with Crippen molar-refractivity contribution in [3.63, 3.8) is 0 Å². The van der Waals surface area contributed by atoms with Crippen LogP contribution >= 0.6 is 0 Å². The van der Waals surface area contributed by atoms with E-state index in [4.69, 9.17) is 5.73 Å². The minimum atomic E-state index is 0.704. The molecule has 2 N–H and O–H groups in total. The van der Waals surface area contributed by atoms with E-state index < -0.39 is 0 Å². The molecule has 0 aliphatic heterocycles. The van der Waals surface area contributed by atoms with Crippen LogP contribution in [0.25, 0.3) is 0 Å². The topological polar surface area (TPSA) is 26.0 Å². The Balaban J connectivity index is 3.55. The molecule has 0 heterocycles. The minimum Gasteiger partial charge on any atom is -0.327 e. The lowest BCUT2D eigenvalue weighted by Gasteiger charge is -2.13. The molecule has 1 heteroatoms. The van der Waals surface area contributed by atoms with Gasteiger partial charge in [0.2, 0.25) is 0 Å². The van der Waals surface area contributed by atoms with Gasteiger partial charge in [-0.05, 0) is 31.6 Å². The van der Waals surface area contributed by atoms with E-state index in [0.29, 0.717) is 6.54 Å². The van der Waals surface area contributed by atoms with Crippen LogP contribution in [0.3, 0.4) is 0 Å². The summed E-state index contributed by atoms with van der Waals surface area (Å²) in [5, 5.41) is 0. The Kier molecular flexibility index (Phi) is 6.09. The van der Waals surface area contributed by atoms with Crippen LogP contribution in [-0.2, 0) is 0 Å². The van der Waals surface area contributed by atoms with Crippen molar-refractivity contribution in [1.29, 1.82) is 0 Å². The zero-order valence-corrected chi connectivity index (χ0v) is 8.93. The molecule has 1 atom stereocenters. The van der Waals surface area contributed by atoms with Crippen molar-refractivity contribution in [1.82, 2.24) is 0 Å². The summed E-state index contributed by atoms with van der Waals surface area (Å²) in [6.45, 7) is 9.68. The normalized spacial score (nSPS) is 15.3. The van der Waals surface area contributed by atoms with Crippen molar-refractivity contribution >= 4 is 0 Å². The highest BCUT2D eigenvalue weighted by molar-refractivity contribution is 4.98. The van der Waals surface area contributed by atoms with Crippen LogP contribution < -0.4 is 5.73 Å². The number of hydrogen-bond acceptors (Lipinski definition) is 1. The van der Waals surface area contributed by atoms with Gasteiger partial charge in [0.15, 0.2) is 0 Å². The second kappa shape index (κ2) is 6.24. The van der Waals surface area contributed by atoms with E-state index in [2.05, 4.69) is 33.8 Å². The van der Waals surface area contributed by atoms with Crippen LogP contribution in [0.2, 0.25) is 0 Å². The average Bonchev–Trinajstić information content (AvgIpc) is 2.03. The van der Waals surface area contributed by atoms with Gasteiger partial charge in [0.05, 0.1) is 0 Å². The number of rotatable bonds is 5. The Hall–Kier alpha value is -0.300. The summed E-state index contributed by atoms with van der Waals surface area (Å²) in [5.74, 6) is 1.63. The second-order valence-electron chi connectivity index (χ2n) is 4.05. The summed E-state index contributed by atoms with van der Waals surface area (Å²) in [5.41, 5.74) is 6.79. The van der Waals surface area contributed by atoms with Crippen molar-refractivity contribution in [2.45, 2.75) is 40.5 Å². The van der Waals surface area contributed by atoms with Crippen molar-refractivity contribution in [3.8, 4) is 0 Å². The van der Waals surface area contributed by atoms with Crippen LogP contribution in [0.1, 0.15) is 40.5 Å². The highest BCUT2D eigenvalue weighted by Gasteiger charge is 2.04. The molecular formula is C11H23N. The summed E-state index contributed by atoms with van der Waals surface area (Å²) in [6, 6.07) is 0. The first-order valence-corrected chi connectivity index (χ1v) is 4.93. The third kappa shape index (κ3) is 5.36. The highest BCUT2D eigenvalue weighted by Crippen LogP contribution is 2.16. The Labute approximate surface area is 77.0 Å². The summed E-state index contributed by atoms with van der Waals surface area (Å²) in [4.78, 5) is 0. The average molecular weight is 169 g/mol. The van der Waals surface area contributed by atoms with Gasteiger partial charge in [-0.25, -0.2) is 0 Å². The molecule has 0 aromatic carbocycles.